The average molecular weight is 368 g/mol. The minimum Gasteiger partial charge on any atom is -0.462 e. The number of benzene rings is 1. The van der Waals surface area contributed by atoms with Crippen molar-refractivity contribution in [3.8, 4) is 0 Å². The highest BCUT2D eigenvalue weighted by Crippen LogP contribution is 2.26. The molecule has 0 aliphatic carbocycles. The number of nitrogens with one attached hydrogen (secondary N) is 1. The van der Waals surface area contributed by atoms with Gasteiger partial charge in [0, 0.05) is 5.56 Å². The maximum absolute atomic E-state index is 13.8. The van der Waals surface area contributed by atoms with Crippen LogP contribution in [0.4, 0.5) is 17.6 Å². The average Bonchev–Trinajstić information content (AvgIpc) is 2.55. The molecule has 0 saturated carbocycles. The Morgan fingerprint density at radius 1 is 1.12 bits per heavy atom. The molecule has 0 aliphatic heterocycles. The molecule has 132 valence electrons. The van der Waals surface area contributed by atoms with Gasteiger partial charge in [0.2, 0.25) is 0 Å². The van der Waals surface area contributed by atoms with Gasteiger partial charge in [-0.3, -0.25) is 10.2 Å². The van der Waals surface area contributed by atoms with E-state index < -0.39 is 57.2 Å². The van der Waals surface area contributed by atoms with Gasteiger partial charge in [0.25, 0.3) is 0 Å². The molecule has 0 fully saturated rings. The number of Topliss-reactive ketones (excluding diaryl/α,β-unsaturated/α-hetero) is 1. The number of hydrogen-bond acceptors (Lipinski definition) is 4. The van der Waals surface area contributed by atoms with Crippen LogP contribution in [-0.4, -0.2) is 29.4 Å². The second-order valence-corrected chi connectivity index (χ2v) is 5.35. The third-order valence-electron chi connectivity index (χ3n) is 3.20. The molecular formula is C15H14ClF4NO3. The van der Waals surface area contributed by atoms with E-state index in [1.54, 1.807) is 6.92 Å². The van der Waals surface area contributed by atoms with Gasteiger partial charge in [0.1, 0.15) is 5.71 Å². The van der Waals surface area contributed by atoms with Crippen molar-refractivity contribution in [3.63, 3.8) is 0 Å². The van der Waals surface area contributed by atoms with Crippen LogP contribution in [0, 0.1) is 35.6 Å². The smallest absolute Gasteiger partial charge is 0.351 e. The monoisotopic (exact) mass is 367 g/mol. The Morgan fingerprint density at radius 3 is 2.21 bits per heavy atom. The Labute approximate surface area is 140 Å². The zero-order chi connectivity index (χ0) is 18.6. The zero-order valence-corrected chi connectivity index (χ0v) is 13.6. The summed E-state index contributed by atoms with van der Waals surface area (Å²) in [6.45, 7) is 2.52. The van der Waals surface area contributed by atoms with Crippen LogP contribution < -0.4 is 0 Å². The number of alkyl halides is 1. The molecule has 1 atom stereocenters. The Hall–Kier alpha value is -1.96. The highest BCUT2D eigenvalue weighted by atomic mass is 35.5. The first-order valence-electron chi connectivity index (χ1n) is 6.88. The van der Waals surface area contributed by atoms with Crippen LogP contribution in [0.15, 0.2) is 0 Å². The maximum Gasteiger partial charge on any atom is 0.351 e. The van der Waals surface area contributed by atoms with Gasteiger partial charge in [-0.25, -0.2) is 22.4 Å². The van der Waals surface area contributed by atoms with Crippen LogP contribution >= 0.6 is 11.6 Å². The van der Waals surface area contributed by atoms with Crippen LogP contribution in [0.2, 0.25) is 0 Å². The zero-order valence-electron chi connectivity index (χ0n) is 12.8. The second-order valence-electron chi connectivity index (χ2n) is 4.83. The summed E-state index contributed by atoms with van der Waals surface area (Å²) in [6, 6.07) is 0. The topological polar surface area (TPSA) is 67.2 Å². The largest absolute Gasteiger partial charge is 0.462 e. The summed E-state index contributed by atoms with van der Waals surface area (Å²) >= 11 is 5.78. The summed E-state index contributed by atoms with van der Waals surface area (Å²) in [5, 5.41) is 5.97. The van der Waals surface area contributed by atoms with Crippen LogP contribution in [0.5, 0.6) is 0 Å². The van der Waals surface area contributed by atoms with Crippen molar-refractivity contribution in [1.82, 2.24) is 0 Å². The van der Waals surface area contributed by atoms with Gasteiger partial charge >= 0.3 is 5.97 Å². The predicted octanol–water partition coefficient (Wildman–Crippen LogP) is 3.70. The van der Waals surface area contributed by atoms with E-state index in [2.05, 4.69) is 4.74 Å². The van der Waals surface area contributed by atoms with Crippen molar-refractivity contribution >= 4 is 29.1 Å². The molecule has 24 heavy (non-hydrogen) atoms. The van der Waals surface area contributed by atoms with Gasteiger partial charge < -0.3 is 4.74 Å². The third kappa shape index (κ3) is 4.11. The number of carbonyl (C=O) groups excluding carboxylic acids is 2. The molecular weight excluding hydrogens is 354 g/mol. The van der Waals surface area contributed by atoms with Crippen LogP contribution in [0.1, 0.15) is 35.7 Å². The molecule has 0 saturated heterocycles. The van der Waals surface area contributed by atoms with Crippen molar-refractivity contribution < 1.29 is 31.9 Å². The summed E-state index contributed by atoms with van der Waals surface area (Å²) in [4.78, 5) is 23.4. The van der Waals surface area contributed by atoms with Crippen LogP contribution in [0.25, 0.3) is 0 Å². The highest BCUT2D eigenvalue weighted by Gasteiger charge is 2.30. The lowest BCUT2D eigenvalue weighted by Gasteiger charge is -2.13. The summed E-state index contributed by atoms with van der Waals surface area (Å²) in [5.41, 5.74) is -2.15. The minimum absolute atomic E-state index is 0.0585. The van der Waals surface area contributed by atoms with Crippen molar-refractivity contribution in [2.24, 2.45) is 0 Å². The first kappa shape index (κ1) is 20.1. The van der Waals surface area contributed by atoms with Crippen molar-refractivity contribution in [2.75, 3.05) is 6.61 Å². The van der Waals surface area contributed by atoms with Gasteiger partial charge in [-0.1, -0.05) is 0 Å². The summed E-state index contributed by atoms with van der Waals surface area (Å²) in [6.07, 6.45) is -0.525. The number of ether oxygens (including phenoxy) is 1. The van der Waals surface area contributed by atoms with Gasteiger partial charge in [0.05, 0.1) is 17.5 Å². The first-order chi connectivity index (χ1) is 11.1. The fraction of sp³-hybridized carbons (Fsp3) is 0.400. The molecule has 1 unspecified atom stereocenters. The number of ketones is 1. The molecule has 0 radical (unpaired) electrons. The number of hydrogen-bond donors (Lipinski definition) is 1. The Kier molecular flexibility index (Phi) is 6.89. The molecule has 0 aliphatic rings. The normalized spacial score (nSPS) is 12.0. The summed E-state index contributed by atoms with van der Waals surface area (Å²) < 4.78 is 58.2. The molecule has 0 heterocycles. The fourth-order valence-corrected chi connectivity index (χ4v) is 2.13. The van der Waals surface area contributed by atoms with E-state index in [0.717, 1.165) is 6.92 Å². The molecule has 1 N–H and O–H groups in total. The van der Waals surface area contributed by atoms with Crippen molar-refractivity contribution in [3.05, 3.63) is 34.4 Å². The van der Waals surface area contributed by atoms with Gasteiger partial charge in [-0.15, -0.1) is 11.6 Å². The molecule has 1 rings (SSSR count). The lowest BCUT2D eigenvalue weighted by Crippen LogP contribution is -2.23. The van der Waals surface area contributed by atoms with Gasteiger partial charge in [-0.2, -0.15) is 0 Å². The standard InChI is InChI=1S/C15H14ClF4NO3/c1-3-24-15(23)8(21)5-4-7(16)14(22)9-6(2)10(17)12(19)13(20)11(9)18/h7,21H,3-5H2,1-2H3. The van der Waals surface area contributed by atoms with E-state index >= 15 is 0 Å². The molecule has 9 heteroatoms. The minimum atomic E-state index is -2.11. The highest BCUT2D eigenvalue weighted by molar-refractivity contribution is 6.36. The summed E-state index contributed by atoms with van der Waals surface area (Å²) in [5.74, 6) is -9.69. The molecule has 0 aromatic heterocycles. The number of halogens is 5. The molecule has 1 aromatic rings. The molecule has 0 spiro atoms. The first-order valence-corrected chi connectivity index (χ1v) is 7.32. The number of carbonyl (C=O) groups is 2. The third-order valence-corrected chi connectivity index (χ3v) is 3.62. The Balaban J connectivity index is 2.95. The number of esters is 1. The Bertz CT molecular complexity index is 665. The molecule has 0 bridgehead atoms. The van der Waals surface area contributed by atoms with Crippen molar-refractivity contribution in [1.29, 1.82) is 5.41 Å². The van der Waals surface area contributed by atoms with E-state index in [1.807, 2.05) is 0 Å². The lowest BCUT2D eigenvalue weighted by atomic mass is 9.98. The molecule has 1 aromatic carbocycles. The fourth-order valence-electron chi connectivity index (χ4n) is 1.91. The second kappa shape index (κ2) is 8.23. The Morgan fingerprint density at radius 2 is 1.67 bits per heavy atom. The van der Waals surface area contributed by atoms with Gasteiger partial charge in [0.15, 0.2) is 29.1 Å². The summed E-state index contributed by atoms with van der Waals surface area (Å²) in [7, 11) is 0. The van der Waals surface area contributed by atoms with E-state index in [4.69, 9.17) is 17.0 Å². The van der Waals surface area contributed by atoms with Crippen molar-refractivity contribution in [2.45, 2.75) is 32.1 Å². The van der Waals surface area contributed by atoms with E-state index in [0.29, 0.717) is 0 Å². The van der Waals surface area contributed by atoms with E-state index in [9.17, 15) is 27.2 Å². The number of rotatable bonds is 7. The quantitative estimate of drug-likeness (QED) is 0.152. The van der Waals surface area contributed by atoms with Gasteiger partial charge in [-0.05, 0) is 26.7 Å². The lowest BCUT2D eigenvalue weighted by molar-refractivity contribution is -0.135. The predicted molar refractivity (Wildman–Crippen MR) is 78.6 cm³/mol. The molecule has 4 nitrogen and oxygen atoms in total. The van der Waals surface area contributed by atoms with Crippen LogP contribution in [-0.2, 0) is 9.53 Å². The van der Waals surface area contributed by atoms with Crippen LogP contribution in [0.3, 0.4) is 0 Å². The SMILES string of the molecule is CCOC(=O)C(=N)CCC(Cl)C(=O)c1c(C)c(F)c(F)c(F)c1F. The molecule has 0 amide bonds. The van der Waals surface area contributed by atoms with E-state index in [-0.39, 0.29) is 19.4 Å². The maximum atomic E-state index is 13.8. The van der Waals surface area contributed by atoms with E-state index in [1.165, 1.54) is 0 Å².